The lowest BCUT2D eigenvalue weighted by Gasteiger charge is -2.15. The number of sulfonamides is 1. The largest absolute Gasteiger partial charge is 0.241 e. The molecule has 0 aliphatic carbocycles. The van der Waals surface area contributed by atoms with Crippen molar-refractivity contribution in [2.24, 2.45) is 0 Å². The summed E-state index contributed by atoms with van der Waals surface area (Å²) >= 11 is 10.0. The van der Waals surface area contributed by atoms with Gasteiger partial charge in [0.2, 0.25) is 10.0 Å². The van der Waals surface area contributed by atoms with Gasteiger partial charge in [0.25, 0.3) is 0 Å². The predicted molar refractivity (Wildman–Crippen MR) is 89.4 cm³/mol. The first-order chi connectivity index (χ1) is 8.77. The molecule has 0 bridgehead atoms. The molecule has 0 heterocycles. The molecule has 3 nitrogen and oxygen atoms in total. The number of hydrogen-bond acceptors (Lipinski definition) is 2. The SMILES string of the molecule is Cc1cc(Br)c(S(=O)(=O)NC(C)CCCBr)cc1Br. The van der Waals surface area contributed by atoms with Gasteiger partial charge in [-0.1, -0.05) is 31.9 Å². The first kappa shape index (κ1) is 17.6. The van der Waals surface area contributed by atoms with Crippen LogP contribution in [0.3, 0.4) is 0 Å². The molecule has 7 heteroatoms. The minimum Gasteiger partial charge on any atom is -0.208 e. The van der Waals surface area contributed by atoms with Crippen molar-refractivity contribution in [3.8, 4) is 0 Å². The van der Waals surface area contributed by atoms with Crippen molar-refractivity contribution in [1.29, 1.82) is 0 Å². The fourth-order valence-electron chi connectivity index (χ4n) is 1.60. The molecule has 0 aromatic heterocycles. The molecule has 108 valence electrons. The lowest BCUT2D eigenvalue weighted by Crippen LogP contribution is -2.32. The van der Waals surface area contributed by atoms with E-state index in [1.165, 1.54) is 0 Å². The van der Waals surface area contributed by atoms with Gasteiger partial charge in [-0.15, -0.1) is 0 Å². The molecule has 1 unspecified atom stereocenters. The van der Waals surface area contributed by atoms with Crippen LogP contribution in [-0.4, -0.2) is 19.8 Å². The Kier molecular flexibility index (Phi) is 6.99. The van der Waals surface area contributed by atoms with Gasteiger partial charge in [-0.3, -0.25) is 0 Å². The molecular weight excluding hydrogens is 462 g/mol. The number of benzene rings is 1. The van der Waals surface area contributed by atoms with Gasteiger partial charge in [0.05, 0.1) is 4.90 Å². The molecule has 1 atom stereocenters. The summed E-state index contributed by atoms with van der Waals surface area (Å²) in [6, 6.07) is 3.33. The van der Waals surface area contributed by atoms with Gasteiger partial charge in [0, 0.05) is 20.3 Å². The van der Waals surface area contributed by atoms with E-state index in [1.807, 2.05) is 13.8 Å². The third-order valence-electron chi connectivity index (χ3n) is 2.63. The molecule has 0 saturated carbocycles. The van der Waals surface area contributed by atoms with Gasteiger partial charge >= 0.3 is 0 Å². The second-order valence-corrected chi connectivity index (χ2v) is 8.57. The van der Waals surface area contributed by atoms with Crippen LogP contribution in [0.1, 0.15) is 25.3 Å². The van der Waals surface area contributed by atoms with Crippen LogP contribution in [0.4, 0.5) is 0 Å². The van der Waals surface area contributed by atoms with Crippen LogP contribution < -0.4 is 4.72 Å². The minimum absolute atomic E-state index is 0.0884. The van der Waals surface area contributed by atoms with E-state index in [9.17, 15) is 8.42 Å². The van der Waals surface area contributed by atoms with Crippen molar-refractivity contribution in [3.05, 3.63) is 26.6 Å². The Hall–Kier alpha value is 0.570. The highest BCUT2D eigenvalue weighted by atomic mass is 79.9. The summed E-state index contributed by atoms with van der Waals surface area (Å²) in [4.78, 5) is 0.260. The van der Waals surface area contributed by atoms with Crippen LogP contribution in [0.25, 0.3) is 0 Å². The van der Waals surface area contributed by atoms with Gasteiger partial charge in [-0.25, -0.2) is 13.1 Å². The minimum atomic E-state index is -3.50. The van der Waals surface area contributed by atoms with E-state index < -0.39 is 10.0 Å². The smallest absolute Gasteiger partial charge is 0.208 e. The van der Waals surface area contributed by atoms with Crippen molar-refractivity contribution in [3.63, 3.8) is 0 Å². The van der Waals surface area contributed by atoms with Crippen LogP contribution in [0, 0.1) is 6.92 Å². The standard InChI is InChI=1S/C12H16Br3NO2S/c1-8-6-11(15)12(7-10(8)14)19(17,18)16-9(2)4-3-5-13/h6-7,9,16H,3-5H2,1-2H3. The molecule has 0 amide bonds. The number of alkyl halides is 1. The van der Waals surface area contributed by atoms with Crippen molar-refractivity contribution >= 4 is 57.8 Å². The van der Waals surface area contributed by atoms with Crippen LogP contribution in [0.2, 0.25) is 0 Å². The maximum absolute atomic E-state index is 12.3. The first-order valence-electron chi connectivity index (χ1n) is 5.82. The van der Waals surface area contributed by atoms with Crippen molar-refractivity contribution in [2.45, 2.75) is 37.6 Å². The van der Waals surface area contributed by atoms with Gasteiger partial charge in [-0.2, -0.15) is 0 Å². The predicted octanol–water partition coefficient (Wildman–Crippen LogP) is 4.36. The molecule has 0 saturated heterocycles. The molecule has 1 aromatic carbocycles. The highest BCUT2D eigenvalue weighted by Gasteiger charge is 2.21. The molecule has 1 N–H and O–H groups in total. The zero-order valence-corrected chi connectivity index (χ0v) is 16.3. The summed E-state index contributed by atoms with van der Waals surface area (Å²) in [5, 5.41) is 0.874. The van der Waals surface area contributed by atoms with E-state index in [0.717, 1.165) is 28.2 Å². The fraction of sp³-hybridized carbons (Fsp3) is 0.500. The Balaban J connectivity index is 2.98. The third kappa shape index (κ3) is 5.12. The van der Waals surface area contributed by atoms with Gasteiger partial charge < -0.3 is 0 Å². The monoisotopic (exact) mass is 475 g/mol. The Morgan fingerprint density at radius 2 is 1.89 bits per heavy atom. The molecular formula is C12H16Br3NO2S. The first-order valence-corrected chi connectivity index (χ1v) is 10.0. The van der Waals surface area contributed by atoms with E-state index >= 15 is 0 Å². The van der Waals surface area contributed by atoms with Crippen LogP contribution in [-0.2, 0) is 10.0 Å². The van der Waals surface area contributed by atoms with Crippen molar-refractivity contribution < 1.29 is 8.42 Å². The van der Waals surface area contributed by atoms with Crippen molar-refractivity contribution in [1.82, 2.24) is 4.72 Å². The van der Waals surface area contributed by atoms with E-state index in [1.54, 1.807) is 12.1 Å². The van der Waals surface area contributed by atoms with Crippen LogP contribution >= 0.6 is 47.8 Å². The number of aryl methyl sites for hydroxylation is 1. The maximum Gasteiger partial charge on any atom is 0.241 e. The average Bonchev–Trinajstić information content (AvgIpc) is 2.30. The highest BCUT2D eigenvalue weighted by molar-refractivity contribution is 9.11. The molecule has 0 aliphatic rings. The van der Waals surface area contributed by atoms with Crippen LogP contribution in [0.5, 0.6) is 0 Å². The summed E-state index contributed by atoms with van der Waals surface area (Å²) < 4.78 is 28.7. The quantitative estimate of drug-likeness (QED) is 0.619. The molecule has 1 rings (SSSR count). The Bertz CT molecular complexity index is 546. The Labute approximate surface area is 140 Å². The third-order valence-corrected chi connectivity index (χ3v) is 6.59. The lowest BCUT2D eigenvalue weighted by molar-refractivity contribution is 0.544. The Morgan fingerprint density at radius 3 is 2.47 bits per heavy atom. The molecule has 0 fully saturated rings. The highest BCUT2D eigenvalue weighted by Crippen LogP contribution is 2.29. The van der Waals surface area contributed by atoms with Crippen LogP contribution in [0.15, 0.2) is 26.0 Å². The zero-order valence-electron chi connectivity index (χ0n) is 10.7. The second-order valence-electron chi connectivity index (χ2n) is 4.39. The normalized spacial score (nSPS) is 13.5. The summed E-state index contributed by atoms with van der Waals surface area (Å²) in [6.45, 7) is 3.79. The summed E-state index contributed by atoms with van der Waals surface area (Å²) in [7, 11) is -3.50. The number of nitrogens with one attached hydrogen (secondary N) is 1. The Morgan fingerprint density at radius 1 is 1.26 bits per heavy atom. The lowest BCUT2D eigenvalue weighted by atomic mass is 10.2. The summed E-state index contributed by atoms with van der Waals surface area (Å²) in [5.41, 5.74) is 0.984. The second kappa shape index (κ2) is 7.54. The fourth-order valence-corrected chi connectivity index (χ4v) is 4.88. The van der Waals surface area contributed by atoms with E-state index in [2.05, 4.69) is 52.5 Å². The van der Waals surface area contributed by atoms with E-state index in [-0.39, 0.29) is 10.9 Å². The molecule has 0 spiro atoms. The molecule has 1 aromatic rings. The zero-order chi connectivity index (χ0) is 14.6. The van der Waals surface area contributed by atoms with Gasteiger partial charge in [0.15, 0.2) is 0 Å². The maximum atomic E-state index is 12.3. The number of halogens is 3. The molecule has 0 radical (unpaired) electrons. The van der Waals surface area contributed by atoms with E-state index in [4.69, 9.17) is 0 Å². The molecule has 19 heavy (non-hydrogen) atoms. The van der Waals surface area contributed by atoms with Gasteiger partial charge in [0.1, 0.15) is 0 Å². The average molecular weight is 478 g/mol. The molecule has 0 aliphatic heterocycles. The van der Waals surface area contributed by atoms with Crippen molar-refractivity contribution in [2.75, 3.05) is 5.33 Å². The van der Waals surface area contributed by atoms with E-state index in [0.29, 0.717) is 4.47 Å². The number of hydrogen-bond donors (Lipinski definition) is 1. The summed E-state index contributed by atoms with van der Waals surface area (Å²) in [6.07, 6.45) is 1.73. The van der Waals surface area contributed by atoms with Gasteiger partial charge in [-0.05, 0) is 60.3 Å². The topological polar surface area (TPSA) is 46.2 Å². The number of rotatable bonds is 6. The summed E-state index contributed by atoms with van der Waals surface area (Å²) in [5.74, 6) is 0.